The normalized spacial score (nSPS) is 15.5. The number of nitrogens with zero attached hydrogens (tertiary/aromatic N) is 2. The highest BCUT2D eigenvalue weighted by Crippen LogP contribution is 2.17. The largest absolute Gasteiger partial charge is 0.357 e. The number of carbonyl (C=O) groups is 1. The lowest BCUT2D eigenvalue weighted by molar-refractivity contribution is 0.0724. The number of halogens is 1. The molecule has 166 valence electrons. The highest BCUT2D eigenvalue weighted by Gasteiger charge is 2.17. The molecule has 0 aromatic heterocycles. The van der Waals surface area contributed by atoms with E-state index in [1.54, 1.807) is 19.1 Å². The molecular weight excluding hydrogens is 391 g/mol. The molecule has 1 aliphatic rings. The maximum atomic E-state index is 13.9. The quantitative estimate of drug-likeness (QED) is 0.527. The molecule has 2 N–H and O–H groups in total. The molecule has 5 nitrogen and oxygen atoms in total. The van der Waals surface area contributed by atoms with Crippen molar-refractivity contribution in [3.8, 4) is 0 Å². The lowest BCUT2D eigenvalue weighted by atomic mass is 10.1. The number of benzene rings is 2. The summed E-state index contributed by atoms with van der Waals surface area (Å²) in [5.74, 6) is 0.584. The minimum atomic E-state index is -0.202. The van der Waals surface area contributed by atoms with Crippen LogP contribution in [0.2, 0.25) is 0 Å². The number of nitrogens with one attached hydrogen (secondary N) is 2. The van der Waals surface area contributed by atoms with Gasteiger partial charge in [-0.1, -0.05) is 24.3 Å². The predicted molar refractivity (Wildman–Crippen MR) is 124 cm³/mol. The first kappa shape index (κ1) is 22.8. The smallest absolute Gasteiger partial charge is 0.253 e. The summed E-state index contributed by atoms with van der Waals surface area (Å²) in [5, 5.41) is 6.57. The van der Waals surface area contributed by atoms with Crippen LogP contribution in [0.25, 0.3) is 0 Å². The average molecular weight is 425 g/mol. The SMILES string of the molecule is CCNC(=NCc1ccc(C(=O)N2CCCCC2)cc1)NC(C)c1ccc(C)c(F)c1. The average Bonchev–Trinajstić information content (AvgIpc) is 2.80. The number of aryl methyl sites for hydroxylation is 1. The Bertz CT molecular complexity index is 904. The molecule has 1 heterocycles. The maximum Gasteiger partial charge on any atom is 0.253 e. The minimum absolute atomic E-state index is 0.0857. The Morgan fingerprint density at radius 1 is 1.13 bits per heavy atom. The zero-order valence-corrected chi connectivity index (χ0v) is 18.7. The van der Waals surface area contributed by atoms with Crippen molar-refractivity contribution < 1.29 is 9.18 Å². The molecule has 2 aromatic rings. The molecule has 3 rings (SSSR count). The van der Waals surface area contributed by atoms with Crippen LogP contribution in [0.4, 0.5) is 4.39 Å². The van der Waals surface area contributed by atoms with E-state index in [-0.39, 0.29) is 17.8 Å². The second-order valence-electron chi connectivity index (χ2n) is 8.12. The van der Waals surface area contributed by atoms with Crippen LogP contribution in [0.5, 0.6) is 0 Å². The first-order chi connectivity index (χ1) is 15.0. The Hall–Kier alpha value is -2.89. The molecule has 0 aliphatic carbocycles. The number of carbonyl (C=O) groups excluding carboxylic acids is 1. The van der Waals surface area contributed by atoms with Gasteiger partial charge in [0, 0.05) is 25.2 Å². The molecule has 1 aliphatic heterocycles. The van der Waals surface area contributed by atoms with E-state index < -0.39 is 0 Å². The third-order valence-corrected chi connectivity index (χ3v) is 5.66. The maximum absolute atomic E-state index is 13.9. The third-order valence-electron chi connectivity index (χ3n) is 5.66. The van der Waals surface area contributed by atoms with Crippen molar-refractivity contribution in [2.45, 2.75) is 52.6 Å². The first-order valence-corrected chi connectivity index (χ1v) is 11.2. The highest BCUT2D eigenvalue weighted by atomic mass is 19.1. The minimum Gasteiger partial charge on any atom is -0.357 e. The van der Waals surface area contributed by atoms with E-state index in [0.717, 1.165) is 49.2 Å². The summed E-state index contributed by atoms with van der Waals surface area (Å²) in [4.78, 5) is 19.2. The van der Waals surface area contributed by atoms with Gasteiger partial charge in [0.05, 0.1) is 12.6 Å². The van der Waals surface area contributed by atoms with E-state index in [9.17, 15) is 9.18 Å². The van der Waals surface area contributed by atoms with Crippen LogP contribution in [0, 0.1) is 12.7 Å². The van der Waals surface area contributed by atoms with E-state index in [1.807, 2.05) is 49.1 Å². The number of rotatable bonds is 6. The molecule has 0 saturated carbocycles. The van der Waals surface area contributed by atoms with Gasteiger partial charge in [0.1, 0.15) is 5.82 Å². The number of guanidine groups is 1. The Balaban J connectivity index is 1.62. The molecule has 0 spiro atoms. The lowest BCUT2D eigenvalue weighted by Gasteiger charge is -2.26. The number of amides is 1. The first-order valence-electron chi connectivity index (χ1n) is 11.2. The fourth-order valence-electron chi connectivity index (χ4n) is 3.69. The summed E-state index contributed by atoms with van der Waals surface area (Å²) in [6, 6.07) is 12.9. The molecule has 1 fully saturated rings. The molecule has 0 radical (unpaired) electrons. The van der Waals surface area contributed by atoms with Crippen LogP contribution in [0.3, 0.4) is 0 Å². The fourth-order valence-corrected chi connectivity index (χ4v) is 3.69. The zero-order valence-electron chi connectivity index (χ0n) is 18.7. The van der Waals surface area contributed by atoms with Crippen LogP contribution in [0.15, 0.2) is 47.5 Å². The number of piperidine rings is 1. The number of hydrogen-bond donors (Lipinski definition) is 2. The fraction of sp³-hybridized carbons (Fsp3) is 0.440. The number of hydrogen-bond acceptors (Lipinski definition) is 2. The molecule has 2 aromatic carbocycles. The van der Waals surface area contributed by atoms with Gasteiger partial charge in [-0.25, -0.2) is 9.38 Å². The molecule has 1 saturated heterocycles. The van der Waals surface area contributed by atoms with E-state index in [0.29, 0.717) is 18.1 Å². The van der Waals surface area contributed by atoms with Crippen LogP contribution < -0.4 is 10.6 Å². The van der Waals surface area contributed by atoms with Crippen LogP contribution in [0.1, 0.15) is 66.2 Å². The highest BCUT2D eigenvalue weighted by molar-refractivity contribution is 5.94. The monoisotopic (exact) mass is 424 g/mol. The summed E-state index contributed by atoms with van der Waals surface area (Å²) in [7, 11) is 0. The predicted octanol–water partition coefficient (Wildman–Crippen LogP) is 4.58. The Morgan fingerprint density at radius 3 is 2.48 bits per heavy atom. The summed E-state index contributed by atoms with van der Waals surface area (Å²) in [6.07, 6.45) is 3.39. The molecule has 1 atom stereocenters. The van der Waals surface area contributed by atoms with Crippen molar-refractivity contribution in [1.29, 1.82) is 0 Å². The Morgan fingerprint density at radius 2 is 1.84 bits per heavy atom. The summed E-state index contributed by atoms with van der Waals surface area (Å²) >= 11 is 0. The molecule has 0 bridgehead atoms. The molecule has 1 amide bonds. The zero-order chi connectivity index (χ0) is 22.2. The van der Waals surface area contributed by atoms with Crippen LogP contribution in [-0.4, -0.2) is 36.4 Å². The molecule has 31 heavy (non-hydrogen) atoms. The summed E-state index contributed by atoms with van der Waals surface area (Å²) < 4.78 is 13.9. The van der Waals surface area contributed by atoms with Gasteiger partial charge < -0.3 is 15.5 Å². The van der Waals surface area contributed by atoms with Crippen molar-refractivity contribution in [1.82, 2.24) is 15.5 Å². The van der Waals surface area contributed by atoms with Crippen molar-refractivity contribution in [2.24, 2.45) is 4.99 Å². The van der Waals surface area contributed by atoms with Crippen LogP contribution >= 0.6 is 0 Å². The van der Waals surface area contributed by atoms with Crippen molar-refractivity contribution >= 4 is 11.9 Å². The number of aliphatic imine (C=N–C) groups is 1. The van der Waals surface area contributed by atoms with E-state index >= 15 is 0 Å². The standard InChI is InChI=1S/C25H33FN4O/c1-4-27-25(29-19(3)22-11-8-18(2)23(26)16-22)28-17-20-9-12-21(13-10-20)24(31)30-14-6-5-7-15-30/h8-13,16,19H,4-7,14-15,17H2,1-3H3,(H2,27,28,29). The van der Waals surface area contributed by atoms with Gasteiger partial charge in [0.25, 0.3) is 5.91 Å². The van der Waals surface area contributed by atoms with Crippen LogP contribution in [-0.2, 0) is 6.54 Å². The van der Waals surface area contributed by atoms with E-state index in [4.69, 9.17) is 0 Å². The topological polar surface area (TPSA) is 56.7 Å². The molecule has 1 unspecified atom stereocenters. The van der Waals surface area contributed by atoms with Crippen molar-refractivity contribution in [2.75, 3.05) is 19.6 Å². The van der Waals surface area contributed by atoms with Gasteiger partial charge in [-0.15, -0.1) is 0 Å². The van der Waals surface area contributed by atoms with E-state index in [2.05, 4.69) is 15.6 Å². The third kappa shape index (κ3) is 6.29. The Labute approximate surface area is 184 Å². The van der Waals surface area contributed by atoms with Crippen molar-refractivity contribution in [3.05, 3.63) is 70.5 Å². The van der Waals surface area contributed by atoms with Gasteiger partial charge in [0.2, 0.25) is 0 Å². The van der Waals surface area contributed by atoms with E-state index in [1.165, 1.54) is 6.42 Å². The second kappa shape index (κ2) is 10.9. The molecule has 6 heteroatoms. The summed E-state index contributed by atoms with van der Waals surface area (Å²) in [5.41, 5.74) is 3.27. The summed E-state index contributed by atoms with van der Waals surface area (Å²) in [6.45, 7) is 8.67. The number of likely N-dealkylation sites (tertiary alicyclic amines) is 1. The van der Waals surface area contributed by atoms with Crippen molar-refractivity contribution in [3.63, 3.8) is 0 Å². The molecular formula is C25H33FN4O. The Kier molecular flexibility index (Phi) is 8.04. The van der Waals surface area contributed by atoms with Gasteiger partial charge in [-0.05, 0) is 74.9 Å². The van der Waals surface area contributed by atoms with Gasteiger partial charge in [-0.2, -0.15) is 0 Å². The lowest BCUT2D eigenvalue weighted by Crippen LogP contribution is -2.38. The van der Waals surface area contributed by atoms with Gasteiger partial charge in [0.15, 0.2) is 5.96 Å². The van der Waals surface area contributed by atoms with Gasteiger partial charge >= 0.3 is 0 Å². The van der Waals surface area contributed by atoms with Gasteiger partial charge in [-0.3, -0.25) is 4.79 Å². The second-order valence-corrected chi connectivity index (χ2v) is 8.12.